The summed E-state index contributed by atoms with van der Waals surface area (Å²) in [4.78, 5) is 34.8. The summed E-state index contributed by atoms with van der Waals surface area (Å²) in [5.74, 6) is 0.244. The molecule has 0 saturated carbocycles. The molecule has 2 aliphatic rings. The Kier molecular flexibility index (Phi) is 8.61. The number of ether oxygens (including phenoxy) is 1. The first-order chi connectivity index (χ1) is 19.0. The normalized spacial score (nSPS) is 13.2. The smallest absolute Gasteiger partial charge is 0.408 e. The fourth-order valence-corrected chi connectivity index (χ4v) is 4.54. The number of aryl methyl sites for hydroxylation is 1. The molecule has 0 spiro atoms. The number of nitrogens with zero attached hydrogens (tertiary/aromatic N) is 2. The molecule has 3 N–H and O–H groups in total. The Balaban J connectivity index is 1.58. The number of hydrogen-bond acceptors (Lipinski definition) is 7. The number of amides is 2. The number of aromatic nitrogens is 1. The van der Waals surface area contributed by atoms with E-state index < -0.39 is 17.7 Å². The van der Waals surface area contributed by atoms with Crippen LogP contribution in [0.2, 0.25) is 0 Å². The second kappa shape index (κ2) is 11.9. The minimum atomic E-state index is -0.717. The summed E-state index contributed by atoms with van der Waals surface area (Å²) < 4.78 is 11.6. The number of fused-ring (bicyclic) bond motifs is 4. The molecule has 40 heavy (non-hydrogen) atoms. The Morgan fingerprint density at radius 3 is 2.50 bits per heavy atom. The van der Waals surface area contributed by atoms with E-state index in [1.54, 1.807) is 20.8 Å². The van der Waals surface area contributed by atoms with Crippen LogP contribution in [-0.4, -0.2) is 48.3 Å². The van der Waals surface area contributed by atoms with Crippen LogP contribution in [0.15, 0.2) is 51.9 Å². The molecule has 2 amide bonds. The highest BCUT2D eigenvalue weighted by Crippen LogP contribution is 2.32. The van der Waals surface area contributed by atoms with Gasteiger partial charge in [-0.1, -0.05) is 38.1 Å². The number of anilines is 1. The highest BCUT2D eigenvalue weighted by atomic mass is 16.6. The van der Waals surface area contributed by atoms with E-state index in [2.05, 4.69) is 29.8 Å². The molecule has 0 saturated heterocycles. The van der Waals surface area contributed by atoms with Crippen LogP contribution in [-0.2, 0) is 9.53 Å². The van der Waals surface area contributed by atoms with Crippen molar-refractivity contribution in [1.29, 1.82) is 0 Å². The molecule has 1 unspecified atom stereocenters. The van der Waals surface area contributed by atoms with Gasteiger partial charge in [-0.3, -0.25) is 9.79 Å². The fraction of sp³-hybridized carbons (Fsp3) is 0.419. The lowest BCUT2D eigenvalue weighted by atomic mass is 10.0. The van der Waals surface area contributed by atoms with Gasteiger partial charge in [0.25, 0.3) is 0 Å². The zero-order valence-corrected chi connectivity index (χ0v) is 24.3. The zero-order chi connectivity index (χ0) is 29.0. The van der Waals surface area contributed by atoms with Crippen molar-refractivity contribution in [2.24, 2.45) is 10.9 Å². The quantitative estimate of drug-likeness (QED) is 0.155. The molecule has 1 aliphatic carbocycles. The van der Waals surface area contributed by atoms with Gasteiger partial charge in [-0.15, -0.1) is 0 Å². The average molecular weight is 546 g/mol. The maximum atomic E-state index is 12.9. The summed E-state index contributed by atoms with van der Waals surface area (Å²) in [7, 11) is 0. The van der Waals surface area contributed by atoms with Gasteiger partial charge in [0.2, 0.25) is 5.91 Å². The standard InChI is InChI=1S/C31H39N5O4/c1-8-32-22-16-25-24(15-19(22)4)35-28-21-12-10-9-11-20(21)23(17-26(28)39-25)33-13-14-34-29(37)27(18(2)3)36-30(38)40-31(5,6)7/h9-12,15-18,27,32H,8,13-14H2,1-7H3,(H,34,37)(H,36,38). The molecule has 0 aromatic heterocycles. The number of carbonyl (C=O) groups is 2. The lowest BCUT2D eigenvalue weighted by Gasteiger charge is -2.25. The Labute approximate surface area is 234 Å². The van der Waals surface area contributed by atoms with Crippen LogP contribution in [0.1, 0.15) is 47.1 Å². The van der Waals surface area contributed by atoms with Crippen LogP contribution in [0.3, 0.4) is 0 Å². The predicted octanol–water partition coefficient (Wildman–Crippen LogP) is 5.39. The van der Waals surface area contributed by atoms with Gasteiger partial charge in [-0.25, -0.2) is 9.78 Å². The van der Waals surface area contributed by atoms with Crippen LogP contribution in [0.25, 0.3) is 33.3 Å². The molecule has 212 valence electrons. The number of rotatable bonds is 8. The Morgan fingerprint density at radius 1 is 1.10 bits per heavy atom. The van der Waals surface area contributed by atoms with E-state index in [0.717, 1.165) is 45.1 Å². The van der Waals surface area contributed by atoms with Crippen LogP contribution in [0.4, 0.5) is 10.5 Å². The van der Waals surface area contributed by atoms with E-state index >= 15 is 0 Å². The van der Waals surface area contributed by atoms with Gasteiger partial charge in [-0.05, 0) is 52.2 Å². The Bertz CT molecular complexity index is 1570. The van der Waals surface area contributed by atoms with Crippen molar-refractivity contribution in [3.8, 4) is 11.5 Å². The first-order valence-electron chi connectivity index (χ1n) is 13.8. The first kappa shape index (κ1) is 28.9. The van der Waals surface area contributed by atoms with Gasteiger partial charge >= 0.3 is 6.09 Å². The van der Waals surface area contributed by atoms with E-state index in [-0.39, 0.29) is 11.8 Å². The number of nitrogens with one attached hydrogen (secondary N) is 3. The van der Waals surface area contributed by atoms with Gasteiger partial charge in [0.15, 0.2) is 11.3 Å². The molecular weight excluding hydrogens is 506 g/mol. The third-order valence-electron chi connectivity index (χ3n) is 6.40. The van der Waals surface area contributed by atoms with Gasteiger partial charge in [0.1, 0.15) is 22.9 Å². The molecule has 2 aromatic rings. The van der Waals surface area contributed by atoms with Gasteiger partial charge in [-0.2, -0.15) is 0 Å². The average Bonchev–Trinajstić information content (AvgIpc) is 2.88. The van der Waals surface area contributed by atoms with Crippen molar-refractivity contribution in [2.75, 3.05) is 25.0 Å². The van der Waals surface area contributed by atoms with Crippen LogP contribution in [0, 0.1) is 12.8 Å². The van der Waals surface area contributed by atoms with E-state index in [4.69, 9.17) is 19.1 Å². The zero-order valence-electron chi connectivity index (χ0n) is 24.3. The lowest BCUT2D eigenvalue weighted by Crippen LogP contribution is -2.51. The van der Waals surface area contributed by atoms with Crippen LogP contribution in [0.5, 0.6) is 0 Å². The third-order valence-corrected chi connectivity index (χ3v) is 6.40. The van der Waals surface area contributed by atoms with Gasteiger partial charge in [0, 0.05) is 41.7 Å². The Morgan fingerprint density at radius 2 is 1.82 bits per heavy atom. The van der Waals surface area contributed by atoms with Gasteiger partial charge < -0.3 is 25.1 Å². The summed E-state index contributed by atoms with van der Waals surface area (Å²) in [6.07, 6.45) is -0.619. The van der Waals surface area contributed by atoms with Crippen molar-refractivity contribution >= 4 is 39.6 Å². The van der Waals surface area contributed by atoms with E-state index in [1.165, 1.54) is 0 Å². The lowest BCUT2D eigenvalue weighted by molar-refractivity contribution is -0.124. The summed E-state index contributed by atoms with van der Waals surface area (Å²) >= 11 is 0. The molecule has 1 aliphatic heterocycles. The first-order valence-corrected chi connectivity index (χ1v) is 13.8. The molecule has 9 heteroatoms. The monoisotopic (exact) mass is 545 g/mol. The molecule has 4 rings (SSSR count). The van der Waals surface area contributed by atoms with E-state index in [0.29, 0.717) is 24.4 Å². The number of benzene rings is 3. The second-order valence-electron chi connectivity index (χ2n) is 11.2. The summed E-state index contributed by atoms with van der Waals surface area (Å²) in [6.45, 7) is 14.7. The Hall–Kier alpha value is -4.14. The van der Waals surface area contributed by atoms with E-state index in [9.17, 15) is 9.59 Å². The van der Waals surface area contributed by atoms with Crippen molar-refractivity contribution in [3.63, 3.8) is 0 Å². The molecule has 0 fully saturated rings. The largest absolute Gasteiger partial charge is 0.453 e. The number of carbonyl (C=O) groups excluding carboxylic acids is 2. The highest BCUT2D eigenvalue weighted by Gasteiger charge is 2.26. The molecule has 2 aromatic carbocycles. The maximum Gasteiger partial charge on any atom is 0.408 e. The number of hydrogen-bond donors (Lipinski definition) is 3. The van der Waals surface area contributed by atoms with E-state index in [1.807, 2.05) is 56.3 Å². The minimum absolute atomic E-state index is 0.116. The maximum absolute atomic E-state index is 12.9. The molecule has 9 nitrogen and oxygen atoms in total. The molecule has 0 bridgehead atoms. The van der Waals surface area contributed by atoms with Gasteiger partial charge in [0.05, 0.1) is 11.9 Å². The molecule has 1 heterocycles. The second-order valence-corrected chi connectivity index (χ2v) is 11.2. The van der Waals surface area contributed by atoms with Crippen molar-refractivity contribution in [3.05, 3.63) is 53.4 Å². The third kappa shape index (κ3) is 6.70. The molecule has 0 radical (unpaired) electrons. The van der Waals surface area contributed by atoms with Crippen LogP contribution < -0.4 is 21.3 Å². The topological polar surface area (TPSA) is 118 Å². The predicted molar refractivity (Wildman–Crippen MR) is 158 cm³/mol. The minimum Gasteiger partial charge on any atom is -0.453 e. The van der Waals surface area contributed by atoms with Crippen molar-refractivity contribution in [2.45, 2.75) is 60.1 Å². The summed E-state index contributed by atoms with van der Waals surface area (Å²) in [5, 5.41) is 11.6. The number of alkyl carbamates (subject to hydrolysis) is 1. The van der Waals surface area contributed by atoms with Crippen molar-refractivity contribution in [1.82, 2.24) is 15.6 Å². The summed E-state index contributed by atoms with van der Waals surface area (Å²) in [5.41, 5.74) is 3.74. The fourth-order valence-electron chi connectivity index (χ4n) is 4.54. The molecular formula is C31H39N5O4. The van der Waals surface area contributed by atoms with Crippen molar-refractivity contribution < 1.29 is 18.7 Å². The molecule has 1 atom stereocenters. The SMILES string of the molecule is CCNc1cc2oc3cc(=NCCNC(=O)C(NC(=O)OC(C)(C)C)C(C)C)c4ccccc4c-3nc2cc1C. The van der Waals surface area contributed by atoms with Crippen LogP contribution >= 0.6 is 0 Å². The summed E-state index contributed by atoms with van der Waals surface area (Å²) in [6, 6.07) is 13.2. The highest BCUT2D eigenvalue weighted by molar-refractivity contribution is 5.96.